The quantitative estimate of drug-likeness (QED) is 0.812. The molecule has 1 aromatic heterocycles. The molecule has 0 aromatic carbocycles. The van der Waals surface area contributed by atoms with Gasteiger partial charge in [-0.1, -0.05) is 0 Å². The average Bonchev–Trinajstić information content (AvgIpc) is 3.04. The SMILES string of the molecule is CC(C)OC(=O)Nc1ccc(N2CCCC3(CCN(C4CCOCC4)C3=O)C2)nc1. The molecule has 164 valence electrons. The number of hydrogen-bond donors (Lipinski definition) is 1. The van der Waals surface area contributed by atoms with Gasteiger partial charge in [0.15, 0.2) is 0 Å². The minimum Gasteiger partial charge on any atom is -0.447 e. The van der Waals surface area contributed by atoms with E-state index in [-0.39, 0.29) is 11.5 Å². The van der Waals surface area contributed by atoms with Crippen LogP contribution in [0.3, 0.4) is 0 Å². The number of carbonyl (C=O) groups is 2. The van der Waals surface area contributed by atoms with Gasteiger partial charge in [0.2, 0.25) is 5.91 Å². The molecule has 1 spiro atoms. The summed E-state index contributed by atoms with van der Waals surface area (Å²) in [6.45, 7) is 7.57. The van der Waals surface area contributed by atoms with Crippen molar-refractivity contribution in [2.75, 3.05) is 43.1 Å². The summed E-state index contributed by atoms with van der Waals surface area (Å²) < 4.78 is 10.6. The maximum absolute atomic E-state index is 13.4. The molecule has 4 rings (SSSR count). The van der Waals surface area contributed by atoms with Crippen molar-refractivity contribution in [1.29, 1.82) is 0 Å². The van der Waals surface area contributed by atoms with Crippen LogP contribution in [0.2, 0.25) is 0 Å². The Labute approximate surface area is 177 Å². The van der Waals surface area contributed by atoms with E-state index in [2.05, 4.69) is 20.1 Å². The second-order valence-corrected chi connectivity index (χ2v) is 8.88. The van der Waals surface area contributed by atoms with Crippen molar-refractivity contribution in [2.24, 2.45) is 5.41 Å². The number of anilines is 2. The lowest BCUT2D eigenvalue weighted by atomic mass is 9.78. The Bertz CT molecular complexity index is 763. The third-order valence-corrected chi connectivity index (χ3v) is 6.42. The van der Waals surface area contributed by atoms with Crippen molar-refractivity contribution in [2.45, 2.75) is 58.1 Å². The standard InChI is InChI=1S/C22H32N4O4/c1-16(2)30-21(28)24-17-4-5-19(23-14-17)25-10-3-8-22(15-25)9-11-26(20(22)27)18-6-12-29-13-7-18/h4-5,14,16,18H,3,6-13,15H2,1-2H3,(H,24,28). The molecule has 8 nitrogen and oxygen atoms in total. The van der Waals surface area contributed by atoms with Gasteiger partial charge < -0.3 is 19.3 Å². The number of ether oxygens (including phenoxy) is 2. The fourth-order valence-electron chi connectivity index (χ4n) is 4.91. The van der Waals surface area contributed by atoms with Crippen LogP contribution in [-0.4, -0.2) is 66.9 Å². The first-order valence-electron chi connectivity index (χ1n) is 11.0. The van der Waals surface area contributed by atoms with Crippen LogP contribution >= 0.6 is 0 Å². The molecule has 3 fully saturated rings. The van der Waals surface area contributed by atoms with Crippen LogP contribution in [0.25, 0.3) is 0 Å². The monoisotopic (exact) mass is 416 g/mol. The second-order valence-electron chi connectivity index (χ2n) is 8.88. The summed E-state index contributed by atoms with van der Waals surface area (Å²) in [5.74, 6) is 1.16. The number of hydrogen-bond acceptors (Lipinski definition) is 6. The van der Waals surface area contributed by atoms with Crippen LogP contribution in [0, 0.1) is 5.41 Å². The highest BCUT2D eigenvalue weighted by Crippen LogP contribution is 2.42. The largest absolute Gasteiger partial charge is 0.447 e. The molecule has 3 aliphatic heterocycles. The number of piperidine rings is 1. The average molecular weight is 417 g/mol. The lowest BCUT2D eigenvalue weighted by Gasteiger charge is -2.40. The molecule has 4 heterocycles. The van der Waals surface area contributed by atoms with E-state index >= 15 is 0 Å². The number of amides is 2. The molecular formula is C22H32N4O4. The normalized spacial score (nSPS) is 25.2. The highest BCUT2D eigenvalue weighted by atomic mass is 16.6. The van der Waals surface area contributed by atoms with Gasteiger partial charge in [-0.15, -0.1) is 0 Å². The number of nitrogens with zero attached hydrogens (tertiary/aromatic N) is 3. The van der Waals surface area contributed by atoms with Crippen molar-refractivity contribution in [3.8, 4) is 0 Å². The zero-order chi connectivity index (χ0) is 21.1. The molecule has 30 heavy (non-hydrogen) atoms. The molecule has 1 atom stereocenters. The zero-order valence-corrected chi connectivity index (χ0v) is 17.9. The van der Waals surface area contributed by atoms with Gasteiger partial charge in [0.25, 0.3) is 0 Å². The highest BCUT2D eigenvalue weighted by molar-refractivity contribution is 5.86. The first kappa shape index (κ1) is 20.9. The molecule has 0 radical (unpaired) electrons. The number of likely N-dealkylation sites (tertiary alicyclic amines) is 1. The summed E-state index contributed by atoms with van der Waals surface area (Å²) in [7, 11) is 0. The van der Waals surface area contributed by atoms with Crippen LogP contribution in [0.15, 0.2) is 18.3 Å². The van der Waals surface area contributed by atoms with Crippen LogP contribution < -0.4 is 10.2 Å². The van der Waals surface area contributed by atoms with Crippen LogP contribution in [0.4, 0.5) is 16.3 Å². The Kier molecular flexibility index (Phi) is 6.13. The fourth-order valence-corrected chi connectivity index (χ4v) is 4.91. The number of pyridine rings is 1. The first-order valence-corrected chi connectivity index (χ1v) is 11.0. The summed E-state index contributed by atoms with van der Waals surface area (Å²) in [6, 6.07) is 4.06. The Morgan fingerprint density at radius 1 is 1.27 bits per heavy atom. The minimum absolute atomic E-state index is 0.175. The van der Waals surface area contributed by atoms with Gasteiger partial charge in [0.1, 0.15) is 5.82 Å². The summed E-state index contributed by atoms with van der Waals surface area (Å²) in [6.07, 6.45) is 5.72. The Hall–Kier alpha value is -2.35. The fraction of sp³-hybridized carbons (Fsp3) is 0.682. The smallest absolute Gasteiger partial charge is 0.411 e. The maximum Gasteiger partial charge on any atom is 0.411 e. The predicted molar refractivity (Wildman–Crippen MR) is 114 cm³/mol. The van der Waals surface area contributed by atoms with Gasteiger partial charge in [-0.25, -0.2) is 9.78 Å². The molecule has 1 unspecified atom stereocenters. The lowest BCUT2D eigenvalue weighted by Crippen LogP contribution is -2.50. The Morgan fingerprint density at radius 3 is 2.77 bits per heavy atom. The molecule has 0 aliphatic carbocycles. The van der Waals surface area contributed by atoms with Crippen molar-refractivity contribution in [3.05, 3.63) is 18.3 Å². The van der Waals surface area contributed by atoms with Crippen LogP contribution in [-0.2, 0) is 14.3 Å². The third-order valence-electron chi connectivity index (χ3n) is 6.42. The van der Waals surface area contributed by atoms with Crippen molar-refractivity contribution < 1.29 is 19.1 Å². The first-order chi connectivity index (χ1) is 14.5. The molecule has 1 aromatic rings. The van der Waals surface area contributed by atoms with E-state index < -0.39 is 6.09 Å². The van der Waals surface area contributed by atoms with Crippen LogP contribution in [0.1, 0.15) is 46.0 Å². The Morgan fingerprint density at radius 2 is 2.07 bits per heavy atom. The van der Waals surface area contributed by atoms with Gasteiger partial charge in [-0.2, -0.15) is 0 Å². The van der Waals surface area contributed by atoms with Gasteiger partial charge in [0.05, 0.1) is 23.4 Å². The summed E-state index contributed by atoms with van der Waals surface area (Å²) in [5.41, 5.74) is 0.301. The summed E-state index contributed by atoms with van der Waals surface area (Å²) in [5, 5.41) is 2.69. The second kappa shape index (κ2) is 8.79. The molecular weight excluding hydrogens is 384 g/mol. The van der Waals surface area contributed by atoms with Crippen molar-refractivity contribution in [3.63, 3.8) is 0 Å². The van der Waals surface area contributed by atoms with Gasteiger partial charge >= 0.3 is 6.09 Å². The van der Waals surface area contributed by atoms with E-state index in [1.165, 1.54) is 0 Å². The van der Waals surface area contributed by atoms with Gasteiger partial charge in [0, 0.05) is 38.9 Å². The van der Waals surface area contributed by atoms with E-state index in [1.54, 1.807) is 20.0 Å². The number of rotatable bonds is 4. The summed E-state index contributed by atoms with van der Waals surface area (Å²) >= 11 is 0. The molecule has 0 bridgehead atoms. The minimum atomic E-state index is -0.485. The molecule has 1 N–H and O–H groups in total. The van der Waals surface area contributed by atoms with E-state index in [0.717, 1.165) is 64.2 Å². The number of nitrogens with one attached hydrogen (secondary N) is 1. The third kappa shape index (κ3) is 4.38. The molecule has 2 amide bonds. The van der Waals surface area contributed by atoms with E-state index in [0.29, 0.717) is 24.2 Å². The van der Waals surface area contributed by atoms with E-state index in [1.807, 2.05) is 12.1 Å². The molecule has 8 heteroatoms. The number of aromatic nitrogens is 1. The van der Waals surface area contributed by atoms with E-state index in [9.17, 15) is 9.59 Å². The molecule has 0 saturated carbocycles. The Balaban J connectivity index is 1.40. The van der Waals surface area contributed by atoms with Crippen LogP contribution in [0.5, 0.6) is 0 Å². The maximum atomic E-state index is 13.4. The topological polar surface area (TPSA) is 84.0 Å². The molecule has 3 saturated heterocycles. The van der Waals surface area contributed by atoms with Gasteiger partial charge in [-0.3, -0.25) is 10.1 Å². The predicted octanol–water partition coefficient (Wildman–Crippen LogP) is 3.04. The summed E-state index contributed by atoms with van der Waals surface area (Å²) in [4.78, 5) is 34.0. The van der Waals surface area contributed by atoms with Crippen molar-refractivity contribution >= 4 is 23.5 Å². The van der Waals surface area contributed by atoms with E-state index in [4.69, 9.17) is 9.47 Å². The van der Waals surface area contributed by atoms with Crippen molar-refractivity contribution in [1.82, 2.24) is 9.88 Å². The molecule has 3 aliphatic rings. The number of carbonyl (C=O) groups excluding carboxylic acids is 2. The lowest BCUT2D eigenvalue weighted by molar-refractivity contribution is -0.139. The van der Waals surface area contributed by atoms with Gasteiger partial charge in [-0.05, 0) is 58.1 Å². The highest BCUT2D eigenvalue weighted by Gasteiger charge is 2.50. The zero-order valence-electron chi connectivity index (χ0n) is 17.9.